The number of amides is 1. The summed E-state index contributed by atoms with van der Waals surface area (Å²) in [5, 5.41) is 25.6. The number of H-pyrrole nitrogens is 1. The van der Waals surface area contributed by atoms with E-state index in [1.165, 1.54) is 16.7 Å². The number of carboxylic acid groups (broad SMARTS) is 1. The van der Waals surface area contributed by atoms with Crippen LogP contribution in [-0.4, -0.2) is 94.4 Å². The van der Waals surface area contributed by atoms with Crippen molar-refractivity contribution in [1.82, 2.24) is 40.5 Å². The second-order valence-electron chi connectivity index (χ2n) is 7.64. The number of aliphatic carboxylic acids is 1. The SMILES string of the molecule is O=C(O)C1=C(C(CCNS(=O)(=O)O)Sc2nnn[nH]2)CS[C@H]2C(NC(=S)Cc3ccncc3)C(=O)N12. The van der Waals surface area contributed by atoms with Gasteiger partial charge in [-0.2, -0.15) is 13.1 Å². The number of rotatable bonds is 11. The van der Waals surface area contributed by atoms with Crippen LogP contribution >= 0.6 is 35.7 Å². The Labute approximate surface area is 219 Å². The molecule has 1 saturated heterocycles. The van der Waals surface area contributed by atoms with Gasteiger partial charge in [-0.05, 0) is 40.1 Å². The van der Waals surface area contributed by atoms with E-state index in [0.29, 0.717) is 17.0 Å². The average Bonchev–Trinajstić information content (AvgIpc) is 3.34. The number of nitrogens with one attached hydrogen (secondary N) is 3. The molecule has 0 aliphatic carbocycles. The second-order valence-corrected chi connectivity index (χ2v) is 11.7. The molecule has 1 fully saturated rings. The van der Waals surface area contributed by atoms with Gasteiger partial charge < -0.3 is 10.4 Å². The molecule has 0 radical (unpaired) electrons. The van der Waals surface area contributed by atoms with Crippen molar-refractivity contribution in [1.29, 1.82) is 0 Å². The standard InChI is InChI=1S/C18H20N8O6S4/c27-15-13(21-12(33)7-9-1-4-19-5-2-9)16-26(15)14(17(28)29)10(8-34-16)11(3-6-20-36(30,31)32)35-18-22-24-25-23-18/h1-2,4-5,11,13,16,20H,3,6-8H2,(H,21,33)(H,28,29)(H,30,31,32)(H,22,23,24,25)/t11?,13?,16-/m0/s1. The van der Waals surface area contributed by atoms with E-state index in [2.05, 4.69) is 30.9 Å². The van der Waals surface area contributed by atoms with Crippen LogP contribution in [0, 0.1) is 0 Å². The van der Waals surface area contributed by atoms with Crippen LogP contribution in [-0.2, 0) is 26.3 Å². The Balaban J connectivity index is 1.52. The fraction of sp³-hybridized carbons (Fsp3) is 0.389. The Morgan fingerprint density at radius 3 is 2.78 bits per heavy atom. The minimum atomic E-state index is -4.43. The molecule has 18 heteroatoms. The summed E-state index contributed by atoms with van der Waals surface area (Å²) < 4.78 is 33.1. The predicted octanol–water partition coefficient (Wildman–Crippen LogP) is -0.380. The Hall–Kier alpha value is -2.64. The number of thiocarbonyl (C=S) groups is 1. The van der Waals surface area contributed by atoms with Gasteiger partial charge in [-0.1, -0.05) is 24.0 Å². The lowest BCUT2D eigenvalue weighted by atomic mass is 10.00. The minimum Gasteiger partial charge on any atom is -0.477 e. The van der Waals surface area contributed by atoms with E-state index in [1.807, 2.05) is 16.9 Å². The number of β-lactam (4-membered cyclic amide) rings is 1. The van der Waals surface area contributed by atoms with E-state index in [-0.39, 0.29) is 29.6 Å². The number of aromatic nitrogens is 5. The van der Waals surface area contributed by atoms with Gasteiger partial charge in [-0.25, -0.2) is 9.89 Å². The van der Waals surface area contributed by atoms with Crippen LogP contribution in [0.5, 0.6) is 0 Å². The molecule has 0 bridgehead atoms. The maximum absolute atomic E-state index is 13.0. The van der Waals surface area contributed by atoms with Gasteiger partial charge >= 0.3 is 16.3 Å². The predicted molar refractivity (Wildman–Crippen MR) is 133 cm³/mol. The lowest BCUT2D eigenvalue weighted by Crippen LogP contribution is -2.70. The van der Waals surface area contributed by atoms with E-state index >= 15 is 0 Å². The quantitative estimate of drug-likeness (QED) is 0.101. The molecule has 2 aromatic rings. The van der Waals surface area contributed by atoms with Crippen molar-refractivity contribution in [2.24, 2.45) is 0 Å². The maximum Gasteiger partial charge on any atom is 0.352 e. The zero-order chi connectivity index (χ0) is 25.9. The molecule has 2 unspecified atom stereocenters. The Kier molecular flexibility index (Phi) is 8.20. The normalized spacial score (nSPS) is 20.5. The molecule has 0 aromatic carbocycles. The first-order valence-electron chi connectivity index (χ1n) is 10.4. The fourth-order valence-electron chi connectivity index (χ4n) is 3.76. The molecule has 5 N–H and O–H groups in total. The van der Waals surface area contributed by atoms with Crippen LogP contribution in [0.2, 0.25) is 0 Å². The third-order valence-corrected chi connectivity index (χ3v) is 8.62. The van der Waals surface area contributed by atoms with Crippen molar-refractivity contribution in [3.8, 4) is 0 Å². The summed E-state index contributed by atoms with van der Waals surface area (Å²) in [7, 11) is -4.43. The molecule has 1 amide bonds. The van der Waals surface area contributed by atoms with Crippen molar-refractivity contribution < 1.29 is 27.7 Å². The number of fused-ring (bicyclic) bond motifs is 1. The summed E-state index contributed by atoms with van der Waals surface area (Å²) in [5.74, 6) is -1.46. The first-order chi connectivity index (χ1) is 17.1. The summed E-state index contributed by atoms with van der Waals surface area (Å²) in [5.41, 5.74) is 1.17. The van der Waals surface area contributed by atoms with Crippen LogP contribution in [0.4, 0.5) is 0 Å². The Bertz CT molecular complexity index is 1270. The number of carbonyl (C=O) groups excluding carboxylic acids is 1. The average molecular weight is 573 g/mol. The van der Waals surface area contributed by atoms with Crippen LogP contribution < -0.4 is 10.0 Å². The largest absolute Gasteiger partial charge is 0.477 e. The lowest BCUT2D eigenvalue weighted by Gasteiger charge is -2.50. The van der Waals surface area contributed by atoms with Gasteiger partial charge in [-0.3, -0.25) is 19.2 Å². The molecule has 3 atom stereocenters. The van der Waals surface area contributed by atoms with Gasteiger partial charge in [-0.15, -0.1) is 16.9 Å². The van der Waals surface area contributed by atoms with E-state index in [4.69, 9.17) is 16.8 Å². The zero-order valence-corrected chi connectivity index (χ0v) is 21.5. The number of hydrogen-bond donors (Lipinski definition) is 5. The van der Waals surface area contributed by atoms with Crippen LogP contribution in [0.1, 0.15) is 12.0 Å². The molecule has 2 aliphatic rings. The second kappa shape index (κ2) is 11.2. The number of tetrazole rings is 1. The fourth-order valence-corrected chi connectivity index (χ4v) is 6.98. The van der Waals surface area contributed by atoms with Crippen molar-refractivity contribution in [3.63, 3.8) is 0 Å². The minimum absolute atomic E-state index is 0.0994. The van der Waals surface area contributed by atoms with Crippen LogP contribution in [0.15, 0.2) is 41.0 Å². The van der Waals surface area contributed by atoms with E-state index in [1.54, 1.807) is 12.4 Å². The van der Waals surface area contributed by atoms with Gasteiger partial charge in [0.05, 0.1) is 4.99 Å². The number of nitrogens with zero attached hydrogens (tertiary/aromatic N) is 5. The molecule has 4 heterocycles. The number of carboxylic acids is 1. The Morgan fingerprint density at radius 2 is 2.14 bits per heavy atom. The van der Waals surface area contributed by atoms with Crippen LogP contribution in [0.3, 0.4) is 0 Å². The summed E-state index contributed by atoms with van der Waals surface area (Å²) >= 11 is 7.87. The van der Waals surface area contributed by atoms with Gasteiger partial charge in [0.2, 0.25) is 5.16 Å². The molecule has 192 valence electrons. The highest BCUT2D eigenvalue weighted by molar-refractivity contribution is 8.01. The lowest BCUT2D eigenvalue weighted by molar-refractivity contribution is -0.148. The number of aromatic amines is 1. The monoisotopic (exact) mass is 572 g/mol. The maximum atomic E-state index is 13.0. The molecule has 4 rings (SSSR count). The summed E-state index contributed by atoms with van der Waals surface area (Å²) in [6, 6.07) is 2.95. The molecular weight excluding hydrogens is 553 g/mol. The van der Waals surface area contributed by atoms with E-state index < -0.39 is 38.8 Å². The third-order valence-electron chi connectivity index (χ3n) is 5.29. The first-order valence-corrected chi connectivity index (χ1v) is 14.1. The van der Waals surface area contributed by atoms with Crippen molar-refractivity contribution in [2.75, 3.05) is 12.3 Å². The smallest absolute Gasteiger partial charge is 0.352 e. The first kappa shape index (κ1) is 26.4. The molecule has 36 heavy (non-hydrogen) atoms. The van der Waals surface area contributed by atoms with Crippen molar-refractivity contribution in [2.45, 2.75) is 34.7 Å². The van der Waals surface area contributed by atoms with Gasteiger partial charge in [0, 0.05) is 36.4 Å². The van der Waals surface area contributed by atoms with E-state index in [9.17, 15) is 23.1 Å². The molecule has 0 saturated carbocycles. The topological polar surface area (TPSA) is 203 Å². The summed E-state index contributed by atoms with van der Waals surface area (Å²) in [4.78, 5) is 31.0. The summed E-state index contributed by atoms with van der Waals surface area (Å²) in [6.07, 6.45) is 3.80. The number of thioether (sulfide) groups is 2. The highest BCUT2D eigenvalue weighted by Crippen LogP contribution is 2.44. The zero-order valence-electron chi connectivity index (χ0n) is 18.3. The number of carbonyl (C=O) groups is 2. The molecular formula is C18H20N8O6S4. The molecule has 0 spiro atoms. The summed E-state index contributed by atoms with van der Waals surface area (Å²) in [6.45, 7) is -0.177. The van der Waals surface area contributed by atoms with Crippen molar-refractivity contribution in [3.05, 3.63) is 41.4 Å². The van der Waals surface area contributed by atoms with E-state index in [0.717, 1.165) is 17.3 Å². The molecule has 2 aliphatic heterocycles. The highest BCUT2D eigenvalue weighted by atomic mass is 32.2. The van der Waals surface area contributed by atoms with Gasteiger partial charge in [0.1, 0.15) is 17.1 Å². The van der Waals surface area contributed by atoms with Gasteiger partial charge in [0.25, 0.3) is 5.91 Å². The number of pyridine rings is 1. The molecule has 2 aromatic heterocycles. The highest BCUT2D eigenvalue weighted by Gasteiger charge is 2.54. The van der Waals surface area contributed by atoms with Crippen molar-refractivity contribution >= 4 is 62.9 Å². The van der Waals surface area contributed by atoms with Gasteiger partial charge in [0.15, 0.2) is 0 Å². The third kappa shape index (κ3) is 6.19. The Morgan fingerprint density at radius 1 is 1.39 bits per heavy atom. The number of hydrogen-bond acceptors (Lipinski definition) is 11. The van der Waals surface area contributed by atoms with Crippen LogP contribution in [0.25, 0.3) is 0 Å². The molecule has 14 nitrogen and oxygen atoms in total.